The molecule has 0 aliphatic carbocycles. The fourth-order valence-corrected chi connectivity index (χ4v) is 4.43. The average molecular weight is 449 g/mol. The molecule has 1 amide bonds. The number of amides is 1. The minimum Gasteiger partial charge on any atom is -0.481 e. The summed E-state index contributed by atoms with van der Waals surface area (Å²) in [6, 6.07) is -0.324. The molecule has 0 aromatic rings. The van der Waals surface area contributed by atoms with Gasteiger partial charge in [0.25, 0.3) is 0 Å². The van der Waals surface area contributed by atoms with Gasteiger partial charge in [0.05, 0.1) is 19.2 Å². The molecule has 1 aliphatic heterocycles. The highest BCUT2D eigenvalue weighted by atomic mass is 31.1. The normalized spacial score (nSPS) is 19.3. The van der Waals surface area contributed by atoms with E-state index in [0.29, 0.717) is 12.8 Å². The Morgan fingerprint density at radius 1 is 0.867 bits per heavy atom. The Balaban J connectivity index is 1.95. The molecule has 0 aromatic heterocycles. The molecule has 0 spiro atoms. The lowest BCUT2D eigenvalue weighted by Gasteiger charge is -2.22. The molecule has 3 N–H and O–H groups in total. The highest BCUT2D eigenvalue weighted by Gasteiger charge is 2.39. The van der Waals surface area contributed by atoms with Crippen LogP contribution in [0.2, 0.25) is 0 Å². The number of carbonyl (C=O) groups excluding carboxylic acids is 1. The van der Waals surface area contributed by atoms with Crippen molar-refractivity contribution in [2.24, 2.45) is 0 Å². The molecule has 0 aromatic carbocycles. The Hall–Kier alpha value is -1.08. The van der Waals surface area contributed by atoms with Crippen LogP contribution in [0, 0.1) is 0 Å². The number of likely N-dealkylation sites (tertiary alicyclic amines) is 1. The lowest BCUT2D eigenvalue weighted by Crippen LogP contribution is -2.37. The molecule has 9 heteroatoms. The molecule has 1 fully saturated rings. The zero-order chi connectivity index (χ0) is 22.2. The lowest BCUT2D eigenvalue weighted by atomic mass is 10.0. The summed E-state index contributed by atoms with van der Waals surface area (Å²) in [5.74, 6) is -0.720. The summed E-state index contributed by atoms with van der Waals surface area (Å²) in [6.07, 6.45) is 13.8. The van der Waals surface area contributed by atoms with Crippen molar-refractivity contribution in [2.75, 3.05) is 13.2 Å². The van der Waals surface area contributed by atoms with Crippen LogP contribution in [0.25, 0.3) is 0 Å². The van der Waals surface area contributed by atoms with Gasteiger partial charge in [0.15, 0.2) is 0 Å². The molecule has 0 radical (unpaired) electrons. The van der Waals surface area contributed by atoms with E-state index in [0.717, 1.165) is 38.5 Å². The van der Waals surface area contributed by atoms with Crippen LogP contribution in [0.4, 0.5) is 0 Å². The molecule has 0 saturated carbocycles. The molecule has 1 saturated heterocycles. The predicted octanol–water partition coefficient (Wildman–Crippen LogP) is 4.16. The largest absolute Gasteiger partial charge is 0.695 e. The van der Waals surface area contributed by atoms with Crippen LogP contribution in [0.5, 0.6) is 0 Å². The van der Waals surface area contributed by atoms with E-state index in [-0.39, 0.29) is 31.5 Å². The minimum absolute atomic E-state index is 0.0170. The summed E-state index contributed by atoms with van der Waals surface area (Å²) in [7, 11) is -2.69. The van der Waals surface area contributed by atoms with Crippen molar-refractivity contribution in [3.8, 4) is 0 Å². The highest BCUT2D eigenvalue weighted by Crippen LogP contribution is 2.28. The Morgan fingerprint density at radius 3 is 1.77 bits per heavy atom. The van der Waals surface area contributed by atoms with E-state index in [9.17, 15) is 19.3 Å². The number of aliphatic carboxylic acids is 1. The van der Waals surface area contributed by atoms with Gasteiger partial charge in [0, 0.05) is 23.8 Å². The van der Waals surface area contributed by atoms with E-state index < -0.39 is 20.3 Å². The first-order chi connectivity index (χ1) is 14.4. The Bertz CT molecular complexity index is 518. The van der Waals surface area contributed by atoms with Crippen molar-refractivity contribution in [3.05, 3.63) is 0 Å². The average Bonchev–Trinajstić information content (AvgIpc) is 3.10. The van der Waals surface area contributed by atoms with Crippen LogP contribution in [0.1, 0.15) is 96.3 Å². The molecule has 1 unspecified atom stereocenters. The number of aliphatic hydroxyl groups is 1. The summed E-state index contributed by atoms with van der Waals surface area (Å²) in [5, 5.41) is 18.0. The molecule has 8 nitrogen and oxygen atoms in total. The third-order valence-electron chi connectivity index (χ3n) is 5.68. The number of unbranched alkanes of at least 4 members (excludes halogenated alkanes) is 11. The molecule has 174 valence electrons. The quantitative estimate of drug-likeness (QED) is 0.212. The third kappa shape index (κ3) is 12.6. The summed E-state index contributed by atoms with van der Waals surface area (Å²) in [4.78, 5) is 33.2. The molecule has 1 rings (SSSR count). The number of nitrogens with zero attached hydrogens (tertiary/aromatic N) is 1. The molecular formula is C21H39NO7P+. The Kier molecular flexibility index (Phi) is 14.9. The fraction of sp³-hybridized carbons (Fsp3) is 0.905. The van der Waals surface area contributed by atoms with Crippen molar-refractivity contribution in [1.82, 2.24) is 4.90 Å². The van der Waals surface area contributed by atoms with Crippen molar-refractivity contribution >= 4 is 20.1 Å². The van der Waals surface area contributed by atoms with Gasteiger partial charge in [0.2, 0.25) is 5.91 Å². The molecule has 0 bridgehead atoms. The molecule has 3 atom stereocenters. The zero-order valence-electron chi connectivity index (χ0n) is 18.0. The van der Waals surface area contributed by atoms with E-state index in [1.54, 1.807) is 4.90 Å². The molecule has 30 heavy (non-hydrogen) atoms. The lowest BCUT2D eigenvalue weighted by molar-refractivity contribution is -0.137. The van der Waals surface area contributed by atoms with Gasteiger partial charge in [0.1, 0.15) is 6.10 Å². The predicted molar refractivity (Wildman–Crippen MR) is 114 cm³/mol. The summed E-state index contributed by atoms with van der Waals surface area (Å²) in [6.45, 7) is 0.112. The molecule has 1 aliphatic rings. The van der Waals surface area contributed by atoms with Crippen molar-refractivity contribution < 1.29 is 33.8 Å². The van der Waals surface area contributed by atoms with Crippen LogP contribution in [-0.4, -0.2) is 57.2 Å². The monoisotopic (exact) mass is 448 g/mol. The second-order valence-corrected chi connectivity index (χ2v) is 8.91. The number of carboxylic acid groups (broad SMARTS) is 1. The summed E-state index contributed by atoms with van der Waals surface area (Å²) in [5.41, 5.74) is 0. The maximum atomic E-state index is 12.4. The van der Waals surface area contributed by atoms with Gasteiger partial charge < -0.3 is 15.1 Å². The van der Waals surface area contributed by atoms with E-state index >= 15 is 0 Å². The van der Waals surface area contributed by atoms with Gasteiger partial charge in [-0.3, -0.25) is 9.59 Å². The number of carbonyl (C=O) groups is 2. The first-order valence-corrected chi connectivity index (χ1v) is 12.5. The van der Waals surface area contributed by atoms with Crippen LogP contribution < -0.4 is 0 Å². The standard InChI is InChI=1S/C21H38NO7P/c23-17-18-15-19(29-30(27)28)16-22(18)20(24)13-11-9-7-5-3-1-2-4-6-8-10-12-14-21(25)26/h18-19,23H,1-17H2,(H-,25,26,27,28)/p+1/t18-,19+/m0/s1. The Labute approximate surface area is 180 Å². The van der Waals surface area contributed by atoms with Crippen LogP contribution >= 0.6 is 8.25 Å². The number of hydrogen-bond acceptors (Lipinski definition) is 5. The van der Waals surface area contributed by atoms with Crippen LogP contribution in [0.15, 0.2) is 0 Å². The number of carboxylic acids is 1. The second-order valence-electron chi connectivity index (χ2n) is 8.22. The SMILES string of the molecule is O=C(O)CCCCCCCCCCCCCCC(=O)N1C[C@H](O[P+](=O)O)C[C@H]1CO. The van der Waals surface area contributed by atoms with Gasteiger partial charge in [-0.1, -0.05) is 64.2 Å². The molecule has 1 heterocycles. The number of rotatable bonds is 18. The summed E-state index contributed by atoms with van der Waals surface area (Å²) < 4.78 is 15.7. The number of hydrogen-bond donors (Lipinski definition) is 3. The van der Waals surface area contributed by atoms with Crippen molar-refractivity contribution in [1.29, 1.82) is 0 Å². The maximum absolute atomic E-state index is 12.4. The van der Waals surface area contributed by atoms with Crippen LogP contribution in [-0.2, 0) is 18.7 Å². The van der Waals surface area contributed by atoms with Gasteiger partial charge >= 0.3 is 14.2 Å². The number of aliphatic hydroxyl groups excluding tert-OH is 1. The highest BCUT2D eigenvalue weighted by molar-refractivity contribution is 7.32. The van der Waals surface area contributed by atoms with Crippen molar-refractivity contribution in [3.63, 3.8) is 0 Å². The smallest absolute Gasteiger partial charge is 0.481 e. The van der Waals surface area contributed by atoms with Crippen LogP contribution in [0.3, 0.4) is 0 Å². The first-order valence-electron chi connectivity index (χ1n) is 11.4. The summed E-state index contributed by atoms with van der Waals surface area (Å²) >= 11 is 0. The molecular weight excluding hydrogens is 409 g/mol. The van der Waals surface area contributed by atoms with Gasteiger partial charge in [-0.15, -0.1) is 9.42 Å². The second kappa shape index (κ2) is 16.6. The van der Waals surface area contributed by atoms with Gasteiger partial charge in [-0.25, -0.2) is 0 Å². The first kappa shape index (κ1) is 27.0. The van der Waals surface area contributed by atoms with E-state index in [4.69, 9.17) is 14.5 Å². The van der Waals surface area contributed by atoms with E-state index in [1.807, 2.05) is 0 Å². The third-order valence-corrected chi connectivity index (χ3v) is 6.16. The van der Waals surface area contributed by atoms with E-state index in [2.05, 4.69) is 0 Å². The van der Waals surface area contributed by atoms with E-state index in [1.165, 1.54) is 38.5 Å². The van der Waals surface area contributed by atoms with Crippen molar-refractivity contribution in [2.45, 2.75) is 108 Å². The van der Waals surface area contributed by atoms with Gasteiger partial charge in [-0.2, -0.15) is 0 Å². The maximum Gasteiger partial charge on any atom is 0.695 e. The zero-order valence-corrected chi connectivity index (χ0v) is 18.9. The topological polar surface area (TPSA) is 124 Å². The fourth-order valence-electron chi connectivity index (χ4n) is 4.02. The Morgan fingerprint density at radius 2 is 1.33 bits per heavy atom. The van der Waals surface area contributed by atoms with Gasteiger partial charge in [-0.05, 0) is 12.8 Å². The minimum atomic E-state index is -2.69.